The zero-order valence-electron chi connectivity index (χ0n) is 25.3. The van der Waals surface area contributed by atoms with Crippen molar-refractivity contribution in [2.45, 2.75) is 0 Å². The van der Waals surface area contributed by atoms with Crippen LogP contribution in [0.1, 0.15) is 5.56 Å². The molecule has 47 heavy (non-hydrogen) atoms. The van der Waals surface area contributed by atoms with Gasteiger partial charge in [0, 0.05) is 22.9 Å². The molecule has 0 spiro atoms. The fraction of sp³-hybridized carbons (Fsp3) is 0. The minimum Gasteiger partial charge on any atom is -0.436 e. The van der Waals surface area contributed by atoms with Crippen molar-refractivity contribution in [3.63, 3.8) is 0 Å². The Morgan fingerprint density at radius 3 is 1.62 bits per heavy atom. The quantitative estimate of drug-likeness (QED) is 0.190. The number of aromatic nitrogens is 2. The second-order valence-electron chi connectivity index (χ2n) is 11.4. The third-order valence-corrected chi connectivity index (χ3v) is 8.46. The Hall–Kier alpha value is -6.57. The van der Waals surface area contributed by atoms with Gasteiger partial charge in [-0.25, -0.2) is 4.98 Å². The first-order valence-corrected chi connectivity index (χ1v) is 15.5. The maximum absolute atomic E-state index is 9.19. The molecular formula is C43H27N3O. The highest BCUT2D eigenvalue weighted by Crippen LogP contribution is 2.38. The second kappa shape index (κ2) is 12.1. The first kappa shape index (κ1) is 27.9. The molecule has 4 heteroatoms. The number of benzene rings is 6. The van der Waals surface area contributed by atoms with Crippen LogP contribution in [0, 0.1) is 11.3 Å². The third kappa shape index (κ3) is 5.59. The van der Waals surface area contributed by atoms with Crippen molar-refractivity contribution >= 4 is 11.1 Å². The maximum atomic E-state index is 9.19. The number of hydrogen-bond acceptors (Lipinski definition) is 4. The van der Waals surface area contributed by atoms with Crippen molar-refractivity contribution in [3.05, 3.63) is 169 Å². The Morgan fingerprint density at radius 2 is 1.00 bits per heavy atom. The van der Waals surface area contributed by atoms with E-state index in [1.807, 2.05) is 66.9 Å². The van der Waals surface area contributed by atoms with Gasteiger partial charge in [0.2, 0.25) is 5.89 Å². The highest BCUT2D eigenvalue weighted by molar-refractivity contribution is 5.96. The van der Waals surface area contributed by atoms with E-state index < -0.39 is 0 Å². The van der Waals surface area contributed by atoms with Gasteiger partial charge >= 0.3 is 0 Å². The molecule has 0 fully saturated rings. The van der Waals surface area contributed by atoms with E-state index in [1.165, 1.54) is 5.56 Å². The van der Waals surface area contributed by atoms with E-state index in [1.54, 1.807) is 0 Å². The van der Waals surface area contributed by atoms with Gasteiger partial charge in [-0.05, 0) is 87.5 Å². The number of nitrogens with zero attached hydrogens (tertiary/aromatic N) is 3. The van der Waals surface area contributed by atoms with Gasteiger partial charge in [0.1, 0.15) is 5.52 Å². The van der Waals surface area contributed by atoms with Crippen LogP contribution in [0.5, 0.6) is 0 Å². The smallest absolute Gasteiger partial charge is 0.227 e. The second-order valence-corrected chi connectivity index (χ2v) is 11.4. The zero-order valence-corrected chi connectivity index (χ0v) is 25.3. The topological polar surface area (TPSA) is 62.7 Å². The molecule has 0 unspecified atom stereocenters. The summed E-state index contributed by atoms with van der Waals surface area (Å²) in [5, 5.41) is 9.19. The molecule has 0 aliphatic rings. The van der Waals surface area contributed by atoms with Gasteiger partial charge in [0.25, 0.3) is 0 Å². The summed E-state index contributed by atoms with van der Waals surface area (Å²) in [6, 6.07) is 55.7. The molecule has 2 heterocycles. The maximum Gasteiger partial charge on any atom is 0.227 e. The molecule has 0 N–H and O–H groups in total. The van der Waals surface area contributed by atoms with E-state index in [9.17, 15) is 5.26 Å². The van der Waals surface area contributed by atoms with Gasteiger partial charge in [-0.3, -0.25) is 4.98 Å². The summed E-state index contributed by atoms with van der Waals surface area (Å²) in [5.41, 5.74) is 13.7. The van der Waals surface area contributed by atoms with Crippen molar-refractivity contribution in [1.82, 2.24) is 9.97 Å². The summed E-state index contributed by atoms with van der Waals surface area (Å²) in [7, 11) is 0. The van der Waals surface area contributed by atoms with Crippen LogP contribution >= 0.6 is 0 Å². The predicted octanol–water partition coefficient (Wildman–Crippen LogP) is 11.1. The van der Waals surface area contributed by atoms with E-state index in [2.05, 4.69) is 108 Å². The number of oxazole rings is 1. The molecule has 8 aromatic rings. The van der Waals surface area contributed by atoms with E-state index in [0.29, 0.717) is 11.5 Å². The molecule has 2 aromatic heterocycles. The lowest BCUT2D eigenvalue weighted by atomic mass is 9.95. The van der Waals surface area contributed by atoms with Crippen LogP contribution in [0.15, 0.2) is 168 Å². The Morgan fingerprint density at radius 1 is 0.468 bits per heavy atom. The highest BCUT2D eigenvalue weighted by atomic mass is 16.3. The number of nitriles is 1. The third-order valence-electron chi connectivity index (χ3n) is 8.46. The van der Waals surface area contributed by atoms with Crippen LogP contribution in [0.4, 0.5) is 0 Å². The van der Waals surface area contributed by atoms with Crippen molar-refractivity contribution in [1.29, 1.82) is 5.26 Å². The average Bonchev–Trinajstić information content (AvgIpc) is 3.60. The minimum atomic E-state index is 0.581. The highest BCUT2D eigenvalue weighted by Gasteiger charge is 2.16. The van der Waals surface area contributed by atoms with Crippen LogP contribution in [0.2, 0.25) is 0 Å². The molecule has 0 bridgehead atoms. The number of fused-ring (bicyclic) bond motifs is 1. The molecule has 0 radical (unpaired) electrons. The number of rotatable bonds is 6. The van der Waals surface area contributed by atoms with Crippen LogP contribution in [0.25, 0.3) is 78.3 Å². The summed E-state index contributed by atoms with van der Waals surface area (Å²) >= 11 is 0. The zero-order chi connectivity index (χ0) is 31.6. The van der Waals surface area contributed by atoms with Crippen molar-refractivity contribution in [2.24, 2.45) is 0 Å². The lowest BCUT2D eigenvalue weighted by Gasteiger charge is -2.09. The average molecular weight is 602 g/mol. The molecule has 6 aromatic carbocycles. The molecule has 0 aliphatic heterocycles. The Labute approximate surface area is 272 Å². The van der Waals surface area contributed by atoms with Crippen molar-refractivity contribution in [3.8, 4) is 73.3 Å². The molecule has 0 aliphatic carbocycles. The van der Waals surface area contributed by atoms with Gasteiger partial charge in [-0.15, -0.1) is 0 Å². The monoisotopic (exact) mass is 601 g/mol. The summed E-state index contributed by atoms with van der Waals surface area (Å²) in [4.78, 5) is 9.54. The predicted molar refractivity (Wildman–Crippen MR) is 189 cm³/mol. The Kier molecular flexibility index (Phi) is 7.18. The SMILES string of the molecule is N#Cc1ccc(-c2ccc(-c3cc(-c4ccc(-c5ccccn5)cc4)cc4oc(-c5ccc(-c6ccccc6)cc5)nc34)cc2)cc1. The largest absolute Gasteiger partial charge is 0.436 e. The summed E-state index contributed by atoms with van der Waals surface area (Å²) in [6.07, 6.45) is 1.81. The van der Waals surface area contributed by atoms with E-state index in [4.69, 9.17) is 9.40 Å². The van der Waals surface area contributed by atoms with Gasteiger partial charge in [-0.1, -0.05) is 109 Å². The van der Waals surface area contributed by atoms with Crippen LogP contribution < -0.4 is 0 Å². The first-order chi connectivity index (χ1) is 23.2. The molecule has 4 nitrogen and oxygen atoms in total. The molecule has 220 valence electrons. The molecule has 0 amide bonds. The first-order valence-electron chi connectivity index (χ1n) is 15.5. The van der Waals surface area contributed by atoms with Crippen LogP contribution in [-0.2, 0) is 0 Å². The fourth-order valence-corrected chi connectivity index (χ4v) is 5.92. The standard InChI is InChI=1S/C43H27N3O/c44-28-29-9-11-31(12-10-29)33-13-19-35(20-14-33)39-26-38(34-15-21-36(22-16-34)40-8-4-5-25-45-40)27-41-42(39)46-43(47-41)37-23-17-32(18-24-37)30-6-2-1-3-7-30/h1-27H. The van der Waals surface area contributed by atoms with E-state index >= 15 is 0 Å². The summed E-state index contributed by atoms with van der Waals surface area (Å²) in [5.74, 6) is 0.581. The summed E-state index contributed by atoms with van der Waals surface area (Å²) in [6.45, 7) is 0. The molecular weight excluding hydrogens is 574 g/mol. The molecule has 0 atom stereocenters. The lowest BCUT2D eigenvalue weighted by molar-refractivity contribution is 0.620. The number of pyridine rings is 1. The van der Waals surface area contributed by atoms with Crippen LogP contribution in [0.3, 0.4) is 0 Å². The lowest BCUT2D eigenvalue weighted by Crippen LogP contribution is -1.87. The van der Waals surface area contributed by atoms with Gasteiger partial charge in [0.15, 0.2) is 5.58 Å². The minimum absolute atomic E-state index is 0.581. The van der Waals surface area contributed by atoms with E-state index in [0.717, 1.165) is 66.9 Å². The van der Waals surface area contributed by atoms with E-state index in [-0.39, 0.29) is 0 Å². The molecule has 0 saturated carbocycles. The Balaban J connectivity index is 1.21. The summed E-state index contributed by atoms with van der Waals surface area (Å²) < 4.78 is 6.48. The van der Waals surface area contributed by atoms with Gasteiger partial charge < -0.3 is 4.42 Å². The van der Waals surface area contributed by atoms with Crippen LogP contribution in [-0.4, -0.2) is 9.97 Å². The van der Waals surface area contributed by atoms with Gasteiger partial charge in [0.05, 0.1) is 17.3 Å². The van der Waals surface area contributed by atoms with Crippen molar-refractivity contribution < 1.29 is 4.42 Å². The molecule has 8 rings (SSSR count). The Bertz CT molecular complexity index is 2350. The fourth-order valence-electron chi connectivity index (χ4n) is 5.92. The molecule has 0 saturated heterocycles. The van der Waals surface area contributed by atoms with Gasteiger partial charge in [-0.2, -0.15) is 5.26 Å². The normalized spacial score (nSPS) is 11.0. The number of hydrogen-bond donors (Lipinski definition) is 0. The van der Waals surface area contributed by atoms with Crippen molar-refractivity contribution in [2.75, 3.05) is 0 Å².